The molecule has 0 radical (unpaired) electrons. The number of allylic oxidation sites excluding steroid dienone is 2. The van der Waals surface area contributed by atoms with E-state index in [1.165, 1.54) is 52.0 Å². The number of aryl methyl sites for hydroxylation is 1. The first-order chi connectivity index (χ1) is 12.2. The van der Waals surface area contributed by atoms with Gasteiger partial charge in [-0.1, -0.05) is 38.0 Å². The summed E-state index contributed by atoms with van der Waals surface area (Å²) in [6, 6.07) is 6.75. The Morgan fingerprint density at radius 1 is 1.20 bits per heavy atom. The normalized spacial score (nSPS) is 14.5. The number of aliphatic imine (C=N–C) groups is 1. The summed E-state index contributed by atoms with van der Waals surface area (Å²) in [5.41, 5.74) is 10.7. The second-order valence-electron chi connectivity index (χ2n) is 6.76. The molecule has 0 aliphatic heterocycles. The average molecular weight is 335 g/mol. The second-order valence-corrected chi connectivity index (χ2v) is 6.76. The van der Waals surface area contributed by atoms with Crippen molar-refractivity contribution in [3.63, 3.8) is 0 Å². The lowest BCUT2D eigenvalue weighted by atomic mass is 10.0. The van der Waals surface area contributed by atoms with Crippen molar-refractivity contribution < 1.29 is 0 Å². The molecule has 0 amide bonds. The maximum absolute atomic E-state index is 6.13. The fourth-order valence-electron chi connectivity index (χ4n) is 3.65. The van der Waals surface area contributed by atoms with Crippen LogP contribution in [-0.2, 0) is 7.05 Å². The van der Waals surface area contributed by atoms with E-state index in [1.54, 1.807) is 0 Å². The highest BCUT2D eigenvalue weighted by atomic mass is 14.9. The summed E-state index contributed by atoms with van der Waals surface area (Å²) in [5.74, 6) is 0. The Morgan fingerprint density at radius 3 is 2.80 bits per heavy atom. The number of hydrogen-bond acceptors (Lipinski definition) is 2. The van der Waals surface area contributed by atoms with E-state index in [4.69, 9.17) is 10.7 Å². The Morgan fingerprint density at radius 2 is 2.04 bits per heavy atom. The molecule has 25 heavy (non-hydrogen) atoms. The van der Waals surface area contributed by atoms with Crippen molar-refractivity contribution >= 4 is 28.8 Å². The maximum Gasteiger partial charge on any atom is 0.0489 e. The molecular weight excluding hydrogens is 306 g/mol. The molecule has 0 fully saturated rings. The molecule has 1 aromatic carbocycles. The third-order valence-corrected chi connectivity index (χ3v) is 4.96. The number of unbranched alkanes of at least 4 members (excludes halogenated alkanes) is 2. The minimum atomic E-state index is 0.835. The molecule has 0 saturated heterocycles. The lowest BCUT2D eigenvalue weighted by Gasteiger charge is -2.07. The topological polar surface area (TPSA) is 43.3 Å². The SMILES string of the molecule is CCCCCC(=NCC)c1ccc2c(c1)c1c(n2C)=CCC=C(N)C=1. The van der Waals surface area contributed by atoms with E-state index in [0.717, 1.165) is 25.1 Å². The Bertz CT molecular complexity index is 942. The molecule has 2 N–H and O–H groups in total. The monoisotopic (exact) mass is 335 g/mol. The zero-order valence-electron chi connectivity index (χ0n) is 15.7. The standard InChI is InChI=1S/C22H29N3/c1-4-6-7-10-20(24-5-2)16-12-13-22-18(14-16)19-15-17(23)9-8-11-21(19)25(22)3/h9,11-15H,4-8,10,23H2,1-3H3. The van der Waals surface area contributed by atoms with Crippen LogP contribution in [0, 0.1) is 0 Å². The number of benzene rings is 1. The van der Waals surface area contributed by atoms with Gasteiger partial charge in [-0.2, -0.15) is 0 Å². The van der Waals surface area contributed by atoms with Gasteiger partial charge in [0.25, 0.3) is 0 Å². The number of nitrogens with zero attached hydrogens (tertiary/aromatic N) is 2. The third-order valence-electron chi connectivity index (χ3n) is 4.96. The van der Waals surface area contributed by atoms with E-state index >= 15 is 0 Å². The molecule has 0 saturated carbocycles. The van der Waals surface area contributed by atoms with Gasteiger partial charge in [0.1, 0.15) is 0 Å². The predicted molar refractivity (Wildman–Crippen MR) is 109 cm³/mol. The number of rotatable bonds is 6. The van der Waals surface area contributed by atoms with Crippen LogP contribution < -0.4 is 16.3 Å². The van der Waals surface area contributed by atoms with E-state index in [-0.39, 0.29) is 0 Å². The van der Waals surface area contributed by atoms with Crippen molar-refractivity contribution in [3.8, 4) is 0 Å². The van der Waals surface area contributed by atoms with E-state index < -0.39 is 0 Å². The Kier molecular flexibility index (Phi) is 5.42. The number of aromatic nitrogens is 1. The predicted octanol–water partition coefficient (Wildman–Crippen LogP) is 3.37. The van der Waals surface area contributed by atoms with Crippen molar-refractivity contribution in [2.24, 2.45) is 17.8 Å². The first kappa shape index (κ1) is 17.5. The van der Waals surface area contributed by atoms with Gasteiger partial charge in [-0.05, 0) is 50.0 Å². The van der Waals surface area contributed by atoms with Gasteiger partial charge in [0.05, 0.1) is 0 Å². The highest BCUT2D eigenvalue weighted by molar-refractivity contribution is 6.03. The van der Waals surface area contributed by atoms with E-state index in [0.29, 0.717) is 0 Å². The molecule has 1 heterocycles. The number of fused-ring (bicyclic) bond motifs is 3. The fraction of sp³-hybridized carbons (Fsp3) is 0.409. The van der Waals surface area contributed by atoms with E-state index in [2.05, 4.69) is 61.9 Å². The average Bonchev–Trinajstić information content (AvgIpc) is 2.75. The molecule has 0 spiro atoms. The van der Waals surface area contributed by atoms with Crippen LogP contribution in [0.4, 0.5) is 0 Å². The molecule has 132 valence electrons. The van der Waals surface area contributed by atoms with Gasteiger partial charge in [-0.25, -0.2) is 0 Å². The molecular formula is C22H29N3. The lowest BCUT2D eigenvalue weighted by Crippen LogP contribution is -2.27. The molecule has 3 nitrogen and oxygen atoms in total. The van der Waals surface area contributed by atoms with Crippen LogP contribution in [0.3, 0.4) is 0 Å². The van der Waals surface area contributed by atoms with Crippen molar-refractivity contribution in [1.29, 1.82) is 0 Å². The summed E-state index contributed by atoms with van der Waals surface area (Å²) >= 11 is 0. The molecule has 3 rings (SSSR count). The van der Waals surface area contributed by atoms with E-state index in [1.807, 2.05) is 0 Å². The highest BCUT2D eigenvalue weighted by Gasteiger charge is 2.10. The van der Waals surface area contributed by atoms with Crippen molar-refractivity contribution in [2.75, 3.05) is 6.54 Å². The van der Waals surface area contributed by atoms with Gasteiger partial charge in [0, 0.05) is 46.5 Å². The zero-order valence-corrected chi connectivity index (χ0v) is 15.7. The Hall–Kier alpha value is -2.29. The van der Waals surface area contributed by atoms with Crippen molar-refractivity contribution in [3.05, 3.63) is 46.1 Å². The summed E-state index contributed by atoms with van der Waals surface area (Å²) < 4.78 is 2.27. The molecule has 1 aromatic heterocycles. The van der Waals surface area contributed by atoms with Crippen LogP contribution in [0.1, 0.15) is 51.5 Å². The van der Waals surface area contributed by atoms with Crippen LogP contribution in [0.25, 0.3) is 23.1 Å². The summed E-state index contributed by atoms with van der Waals surface area (Å²) in [6.07, 6.45) is 12.1. The molecule has 0 bridgehead atoms. The van der Waals surface area contributed by atoms with E-state index in [9.17, 15) is 0 Å². The van der Waals surface area contributed by atoms with Crippen LogP contribution in [-0.4, -0.2) is 16.8 Å². The molecule has 1 aliphatic carbocycles. The van der Waals surface area contributed by atoms with Crippen LogP contribution >= 0.6 is 0 Å². The zero-order chi connectivity index (χ0) is 17.8. The summed E-state index contributed by atoms with van der Waals surface area (Å²) in [7, 11) is 2.13. The fourth-order valence-corrected chi connectivity index (χ4v) is 3.65. The summed E-state index contributed by atoms with van der Waals surface area (Å²) in [6.45, 7) is 5.19. The molecule has 1 aliphatic rings. The number of hydrogen-bond donors (Lipinski definition) is 1. The van der Waals surface area contributed by atoms with Gasteiger partial charge in [0.2, 0.25) is 0 Å². The maximum atomic E-state index is 6.13. The van der Waals surface area contributed by atoms with Crippen LogP contribution in [0.2, 0.25) is 0 Å². The molecule has 3 heteroatoms. The van der Waals surface area contributed by atoms with Gasteiger partial charge >= 0.3 is 0 Å². The third kappa shape index (κ3) is 3.55. The molecule has 2 aromatic rings. The smallest absolute Gasteiger partial charge is 0.0489 e. The number of nitrogens with two attached hydrogens (primary N) is 1. The van der Waals surface area contributed by atoms with Gasteiger partial charge in [-0.3, -0.25) is 4.99 Å². The first-order valence-corrected chi connectivity index (χ1v) is 9.45. The minimum Gasteiger partial charge on any atom is -0.399 e. The van der Waals surface area contributed by atoms with Gasteiger partial charge in [-0.15, -0.1) is 0 Å². The Balaban J connectivity index is 2.14. The van der Waals surface area contributed by atoms with Gasteiger partial charge < -0.3 is 10.3 Å². The van der Waals surface area contributed by atoms with Crippen molar-refractivity contribution in [2.45, 2.75) is 46.0 Å². The second kappa shape index (κ2) is 7.73. The summed E-state index contributed by atoms with van der Waals surface area (Å²) in [4.78, 5) is 4.78. The highest BCUT2D eigenvalue weighted by Crippen LogP contribution is 2.16. The van der Waals surface area contributed by atoms with Crippen molar-refractivity contribution in [1.82, 2.24) is 4.57 Å². The van der Waals surface area contributed by atoms with Gasteiger partial charge in [0.15, 0.2) is 0 Å². The quantitative estimate of drug-likeness (QED) is 0.638. The molecule has 0 atom stereocenters. The van der Waals surface area contributed by atoms with Crippen LogP contribution in [0.15, 0.2) is 35.0 Å². The summed E-state index contributed by atoms with van der Waals surface area (Å²) in [5, 5.41) is 3.75. The van der Waals surface area contributed by atoms with Crippen LogP contribution in [0.5, 0.6) is 0 Å². The Labute approximate surface area is 150 Å². The minimum absolute atomic E-state index is 0.835. The first-order valence-electron chi connectivity index (χ1n) is 9.45. The lowest BCUT2D eigenvalue weighted by molar-refractivity contribution is 0.741. The largest absolute Gasteiger partial charge is 0.399 e. The molecule has 0 unspecified atom stereocenters.